The third-order valence-electron chi connectivity index (χ3n) is 5.22. The SMILES string of the molecule is COc1ccc(C(C)=O)cc1CC(=O)Nc1ccc2c(c1)OC1(CCCC1)O2. The first-order valence-electron chi connectivity index (χ1n) is 9.48. The summed E-state index contributed by atoms with van der Waals surface area (Å²) in [7, 11) is 1.54. The third-order valence-corrected chi connectivity index (χ3v) is 5.22. The quantitative estimate of drug-likeness (QED) is 0.789. The highest BCUT2D eigenvalue weighted by atomic mass is 16.7. The van der Waals surface area contributed by atoms with Crippen molar-refractivity contribution >= 4 is 17.4 Å². The third kappa shape index (κ3) is 3.54. The van der Waals surface area contributed by atoms with Crippen molar-refractivity contribution in [2.24, 2.45) is 0 Å². The van der Waals surface area contributed by atoms with Crippen LogP contribution in [-0.2, 0) is 11.2 Å². The molecule has 146 valence electrons. The number of hydrogen-bond donors (Lipinski definition) is 1. The lowest BCUT2D eigenvalue weighted by molar-refractivity contribution is -0.115. The van der Waals surface area contributed by atoms with Gasteiger partial charge >= 0.3 is 0 Å². The van der Waals surface area contributed by atoms with E-state index in [0.29, 0.717) is 28.3 Å². The number of carbonyl (C=O) groups excluding carboxylic acids is 2. The van der Waals surface area contributed by atoms with Crippen molar-refractivity contribution in [3.63, 3.8) is 0 Å². The molecule has 1 fully saturated rings. The van der Waals surface area contributed by atoms with Crippen LogP contribution in [0.25, 0.3) is 0 Å². The number of anilines is 1. The molecule has 0 radical (unpaired) electrons. The predicted octanol–water partition coefficient (Wildman–Crippen LogP) is 4.12. The summed E-state index contributed by atoms with van der Waals surface area (Å²) in [6.45, 7) is 1.50. The van der Waals surface area contributed by atoms with Crippen LogP contribution in [0.15, 0.2) is 36.4 Å². The van der Waals surface area contributed by atoms with Gasteiger partial charge in [-0.15, -0.1) is 0 Å². The van der Waals surface area contributed by atoms with Crippen LogP contribution in [0.5, 0.6) is 17.2 Å². The van der Waals surface area contributed by atoms with Gasteiger partial charge in [-0.25, -0.2) is 0 Å². The molecule has 2 aliphatic rings. The molecule has 0 atom stereocenters. The lowest BCUT2D eigenvalue weighted by Gasteiger charge is -2.21. The van der Waals surface area contributed by atoms with Crippen LogP contribution in [0, 0.1) is 0 Å². The van der Waals surface area contributed by atoms with Gasteiger partial charge in [-0.1, -0.05) is 0 Å². The van der Waals surface area contributed by atoms with Gasteiger partial charge in [-0.3, -0.25) is 9.59 Å². The molecule has 6 heteroatoms. The van der Waals surface area contributed by atoms with E-state index in [-0.39, 0.29) is 18.1 Å². The highest BCUT2D eigenvalue weighted by Gasteiger charge is 2.44. The second-order valence-electron chi connectivity index (χ2n) is 7.29. The Kier molecular flexibility index (Phi) is 4.71. The largest absolute Gasteiger partial charge is 0.496 e. The minimum Gasteiger partial charge on any atom is -0.496 e. The molecular formula is C22H23NO5. The maximum atomic E-state index is 12.6. The van der Waals surface area contributed by atoms with Crippen LogP contribution in [0.1, 0.15) is 48.5 Å². The lowest BCUT2D eigenvalue weighted by atomic mass is 10.0. The molecule has 1 heterocycles. The van der Waals surface area contributed by atoms with E-state index in [4.69, 9.17) is 14.2 Å². The maximum Gasteiger partial charge on any atom is 0.251 e. The van der Waals surface area contributed by atoms with E-state index in [1.807, 2.05) is 6.07 Å². The van der Waals surface area contributed by atoms with Crippen LogP contribution in [0.3, 0.4) is 0 Å². The number of Topliss-reactive ketones (excluding diaryl/α,β-unsaturated/α-hetero) is 1. The number of hydrogen-bond acceptors (Lipinski definition) is 5. The number of fused-ring (bicyclic) bond motifs is 1. The summed E-state index contributed by atoms with van der Waals surface area (Å²) in [6, 6.07) is 10.5. The molecular weight excluding hydrogens is 358 g/mol. The summed E-state index contributed by atoms with van der Waals surface area (Å²) in [5.74, 6) is 1.18. The van der Waals surface area contributed by atoms with Crippen molar-refractivity contribution in [1.29, 1.82) is 0 Å². The molecule has 1 aliphatic heterocycles. The number of ether oxygens (including phenoxy) is 3. The molecule has 0 aromatic heterocycles. The van der Waals surface area contributed by atoms with Gasteiger partial charge in [-0.05, 0) is 50.1 Å². The standard InChI is InChI=1S/C22H23NO5/c1-14(24)15-5-7-18(26-2)16(11-15)12-21(25)23-17-6-8-19-20(13-17)28-22(27-19)9-3-4-10-22/h5-8,11,13H,3-4,9-10,12H2,1-2H3,(H,23,25). The number of amides is 1. The lowest BCUT2D eigenvalue weighted by Crippen LogP contribution is -2.34. The monoisotopic (exact) mass is 381 g/mol. The van der Waals surface area contributed by atoms with Gasteiger partial charge < -0.3 is 19.5 Å². The molecule has 0 unspecified atom stereocenters. The number of benzene rings is 2. The predicted molar refractivity (Wildman–Crippen MR) is 104 cm³/mol. The molecule has 0 saturated heterocycles. The second kappa shape index (κ2) is 7.19. The second-order valence-corrected chi connectivity index (χ2v) is 7.29. The van der Waals surface area contributed by atoms with Crippen molar-refractivity contribution in [3.05, 3.63) is 47.5 Å². The van der Waals surface area contributed by atoms with Crippen LogP contribution in [0.2, 0.25) is 0 Å². The molecule has 28 heavy (non-hydrogen) atoms. The average molecular weight is 381 g/mol. The van der Waals surface area contributed by atoms with E-state index in [1.165, 1.54) is 6.92 Å². The number of methoxy groups -OCH3 is 1. The van der Waals surface area contributed by atoms with Gasteiger partial charge in [0, 0.05) is 35.7 Å². The zero-order valence-electron chi connectivity index (χ0n) is 16.0. The van der Waals surface area contributed by atoms with E-state index in [0.717, 1.165) is 31.4 Å². The Morgan fingerprint density at radius 1 is 1.07 bits per heavy atom. The number of carbonyl (C=O) groups is 2. The summed E-state index contributed by atoms with van der Waals surface area (Å²) >= 11 is 0. The Balaban J connectivity index is 1.47. The zero-order valence-corrected chi connectivity index (χ0v) is 16.0. The summed E-state index contributed by atoms with van der Waals surface area (Å²) in [6.07, 6.45) is 4.06. The summed E-state index contributed by atoms with van der Waals surface area (Å²) in [4.78, 5) is 24.2. The summed E-state index contributed by atoms with van der Waals surface area (Å²) in [5, 5.41) is 2.88. The highest BCUT2D eigenvalue weighted by molar-refractivity contribution is 5.96. The summed E-state index contributed by atoms with van der Waals surface area (Å²) in [5.41, 5.74) is 1.86. The topological polar surface area (TPSA) is 73.9 Å². The number of rotatable bonds is 5. The maximum absolute atomic E-state index is 12.6. The highest BCUT2D eigenvalue weighted by Crippen LogP contribution is 2.47. The first kappa shape index (κ1) is 18.3. The molecule has 2 aromatic rings. The van der Waals surface area contributed by atoms with E-state index >= 15 is 0 Å². The first-order valence-corrected chi connectivity index (χ1v) is 9.48. The minimum absolute atomic E-state index is 0.0547. The molecule has 6 nitrogen and oxygen atoms in total. The fraction of sp³-hybridized carbons (Fsp3) is 0.364. The molecule has 0 bridgehead atoms. The molecule has 1 spiro atoms. The van der Waals surface area contributed by atoms with E-state index in [9.17, 15) is 9.59 Å². The van der Waals surface area contributed by atoms with Crippen molar-refractivity contribution in [1.82, 2.24) is 0 Å². The Morgan fingerprint density at radius 2 is 1.82 bits per heavy atom. The van der Waals surface area contributed by atoms with Gasteiger partial charge in [0.1, 0.15) is 5.75 Å². The molecule has 2 aromatic carbocycles. The molecule has 1 saturated carbocycles. The van der Waals surface area contributed by atoms with Crippen LogP contribution in [-0.4, -0.2) is 24.6 Å². The molecule has 1 amide bonds. The normalized spacial score (nSPS) is 16.2. The fourth-order valence-corrected chi connectivity index (χ4v) is 3.80. The van der Waals surface area contributed by atoms with Crippen LogP contribution >= 0.6 is 0 Å². The van der Waals surface area contributed by atoms with Gasteiger partial charge in [0.05, 0.1) is 13.5 Å². The first-order chi connectivity index (χ1) is 13.5. The van der Waals surface area contributed by atoms with Gasteiger partial charge in [0.15, 0.2) is 17.3 Å². The molecule has 4 rings (SSSR count). The van der Waals surface area contributed by atoms with Gasteiger partial charge in [0.25, 0.3) is 5.79 Å². The van der Waals surface area contributed by atoms with Crippen molar-refractivity contribution < 1.29 is 23.8 Å². The average Bonchev–Trinajstić information content (AvgIpc) is 3.27. The van der Waals surface area contributed by atoms with E-state index in [2.05, 4.69) is 5.32 Å². The minimum atomic E-state index is -0.522. The Bertz CT molecular complexity index is 931. The van der Waals surface area contributed by atoms with E-state index in [1.54, 1.807) is 37.4 Å². The van der Waals surface area contributed by atoms with Gasteiger partial charge in [-0.2, -0.15) is 0 Å². The number of ketones is 1. The number of nitrogens with one attached hydrogen (secondary N) is 1. The smallest absolute Gasteiger partial charge is 0.251 e. The summed E-state index contributed by atoms with van der Waals surface area (Å²) < 4.78 is 17.4. The Labute approximate surface area is 163 Å². The molecule has 1 aliphatic carbocycles. The van der Waals surface area contributed by atoms with Gasteiger partial charge in [0.2, 0.25) is 5.91 Å². The Morgan fingerprint density at radius 3 is 2.54 bits per heavy atom. The van der Waals surface area contributed by atoms with Crippen molar-refractivity contribution in [2.45, 2.75) is 44.8 Å². The van der Waals surface area contributed by atoms with E-state index < -0.39 is 5.79 Å². The van der Waals surface area contributed by atoms with Crippen LogP contribution < -0.4 is 19.5 Å². The van der Waals surface area contributed by atoms with Crippen molar-refractivity contribution in [3.8, 4) is 17.2 Å². The Hall–Kier alpha value is -3.02. The van der Waals surface area contributed by atoms with Crippen LogP contribution in [0.4, 0.5) is 5.69 Å². The fourth-order valence-electron chi connectivity index (χ4n) is 3.80. The van der Waals surface area contributed by atoms with Crippen molar-refractivity contribution in [2.75, 3.05) is 12.4 Å². The molecule has 1 N–H and O–H groups in total. The zero-order chi connectivity index (χ0) is 19.7.